The van der Waals surface area contributed by atoms with Gasteiger partial charge in [-0.3, -0.25) is 4.79 Å². The minimum absolute atomic E-state index is 0.278. The standard InChI is InChI=1S/C26H25N5O4/c1-35-20-9-7-17(8-10-20)15-31-24-22(14-28-31)21-11-12-30(16-19(21)13-27-24)25(32)23(29-26(33)34)18-5-3-2-4-6-18/h2-10,13-14,23,29H,11-12,15-16H2,1H3,(H,33,34)/t23-/m0/s1. The topological polar surface area (TPSA) is 110 Å². The van der Waals surface area contributed by atoms with Crippen molar-refractivity contribution in [2.24, 2.45) is 0 Å². The summed E-state index contributed by atoms with van der Waals surface area (Å²) in [6, 6.07) is 15.8. The molecule has 2 N–H and O–H groups in total. The molecule has 0 spiro atoms. The molecule has 0 aliphatic carbocycles. The number of carbonyl (C=O) groups is 2. The van der Waals surface area contributed by atoms with E-state index < -0.39 is 12.1 Å². The molecule has 4 aromatic rings. The van der Waals surface area contributed by atoms with Crippen molar-refractivity contribution in [2.75, 3.05) is 13.7 Å². The average molecular weight is 472 g/mol. The number of fused-ring (bicyclic) bond motifs is 3. The van der Waals surface area contributed by atoms with Crippen molar-refractivity contribution in [3.63, 3.8) is 0 Å². The number of ether oxygens (including phenoxy) is 1. The van der Waals surface area contributed by atoms with Gasteiger partial charge in [-0.2, -0.15) is 5.10 Å². The summed E-state index contributed by atoms with van der Waals surface area (Å²) in [4.78, 5) is 31.0. The number of rotatable bonds is 6. The summed E-state index contributed by atoms with van der Waals surface area (Å²) in [5, 5.41) is 17.2. The molecule has 1 aliphatic heterocycles. The fraction of sp³-hybridized carbons (Fsp3) is 0.231. The maximum Gasteiger partial charge on any atom is 0.405 e. The van der Waals surface area contributed by atoms with Gasteiger partial charge in [0.15, 0.2) is 5.65 Å². The Morgan fingerprint density at radius 1 is 1.11 bits per heavy atom. The van der Waals surface area contributed by atoms with Crippen LogP contribution in [0.4, 0.5) is 4.79 Å². The van der Waals surface area contributed by atoms with Crippen molar-refractivity contribution in [1.29, 1.82) is 0 Å². The van der Waals surface area contributed by atoms with Crippen LogP contribution < -0.4 is 10.1 Å². The van der Waals surface area contributed by atoms with Crippen molar-refractivity contribution in [1.82, 2.24) is 25.0 Å². The zero-order valence-corrected chi connectivity index (χ0v) is 19.2. The van der Waals surface area contributed by atoms with Gasteiger partial charge in [-0.1, -0.05) is 42.5 Å². The van der Waals surface area contributed by atoms with Crippen LogP contribution in [0.15, 0.2) is 67.0 Å². The van der Waals surface area contributed by atoms with Gasteiger partial charge in [0.2, 0.25) is 5.91 Å². The van der Waals surface area contributed by atoms with Gasteiger partial charge in [0.05, 0.1) is 19.9 Å². The molecule has 2 aromatic carbocycles. The van der Waals surface area contributed by atoms with Gasteiger partial charge >= 0.3 is 6.09 Å². The first-order valence-electron chi connectivity index (χ1n) is 11.3. The first-order valence-corrected chi connectivity index (χ1v) is 11.3. The molecule has 1 aliphatic rings. The minimum atomic E-state index is -1.24. The van der Waals surface area contributed by atoms with Gasteiger partial charge in [-0.25, -0.2) is 14.5 Å². The molecule has 0 saturated heterocycles. The molecular weight excluding hydrogens is 446 g/mol. The Morgan fingerprint density at radius 3 is 2.60 bits per heavy atom. The van der Waals surface area contributed by atoms with E-state index in [0.29, 0.717) is 31.6 Å². The second-order valence-electron chi connectivity index (χ2n) is 8.45. The molecule has 2 aromatic heterocycles. The van der Waals surface area contributed by atoms with Gasteiger partial charge in [-0.15, -0.1) is 0 Å². The van der Waals surface area contributed by atoms with E-state index in [-0.39, 0.29) is 5.91 Å². The number of hydrogen-bond donors (Lipinski definition) is 2. The average Bonchev–Trinajstić information content (AvgIpc) is 3.30. The zero-order chi connectivity index (χ0) is 24.4. The molecule has 0 unspecified atom stereocenters. The first-order chi connectivity index (χ1) is 17.0. The van der Waals surface area contributed by atoms with Crippen LogP contribution in [0.5, 0.6) is 5.75 Å². The first kappa shape index (κ1) is 22.4. The number of nitrogens with zero attached hydrogens (tertiary/aromatic N) is 4. The summed E-state index contributed by atoms with van der Waals surface area (Å²) in [7, 11) is 1.64. The smallest absolute Gasteiger partial charge is 0.405 e. The van der Waals surface area contributed by atoms with Crippen molar-refractivity contribution < 1.29 is 19.4 Å². The molecule has 5 rings (SSSR count). The van der Waals surface area contributed by atoms with E-state index in [9.17, 15) is 14.7 Å². The highest BCUT2D eigenvalue weighted by Gasteiger charge is 2.30. The van der Waals surface area contributed by atoms with Crippen molar-refractivity contribution in [3.8, 4) is 5.75 Å². The Labute approximate surface area is 202 Å². The third-order valence-corrected chi connectivity index (χ3v) is 6.31. The molecule has 35 heavy (non-hydrogen) atoms. The Bertz CT molecular complexity index is 1370. The second-order valence-corrected chi connectivity index (χ2v) is 8.45. The minimum Gasteiger partial charge on any atom is -0.497 e. The van der Waals surface area contributed by atoms with Crippen LogP contribution in [0.2, 0.25) is 0 Å². The number of aromatic nitrogens is 3. The maximum absolute atomic E-state index is 13.3. The third-order valence-electron chi connectivity index (χ3n) is 6.31. The van der Waals surface area contributed by atoms with Crippen LogP contribution in [-0.2, 0) is 24.3 Å². The van der Waals surface area contributed by atoms with E-state index >= 15 is 0 Å². The summed E-state index contributed by atoms with van der Waals surface area (Å²) < 4.78 is 7.10. The lowest BCUT2D eigenvalue weighted by atomic mass is 9.97. The number of benzene rings is 2. The molecule has 0 radical (unpaired) electrons. The summed E-state index contributed by atoms with van der Waals surface area (Å²) in [5.41, 5.74) is 4.57. The van der Waals surface area contributed by atoms with Gasteiger partial charge in [-0.05, 0) is 40.8 Å². The zero-order valence-electron chi connectivity index (χ0n) is 19.2. The Balaban J connectivity index is 1.37. The van der Waals surface area contributed by atoms with Crippen LogP contribution in [0.1, 0.15) is 28.3 Å². The number of methoxy groups -OCH3 is 1. The van der Waals surface area contributed by atoms with Gasteiger partial charge < -0.3 is 20.1 Å². The lowest BCUT2D eigenvalue weighted by Gasteiger charge is -2.32. The molecule has 178 valence electrons. The number of hydrogen-bond acceptors (Lipinski definition) is 5. The van der Waals surface area contributed by atoms with Gasteiger partial charge in [0, 0.05) is 24.7 Å². The Kier molecular flexibility index (Phi) is 6.05. The second kappa shape index (κ2) is 9.46. The SMILES string of the molecule is COc1ccc(Cn2ncc3c4c(cnc32)CN(C(=O)[C@@H](NC(=O)O)c2ccccc2)CC4)cc1. The fourth-order valence-corrected chi connectivity index (χ4v) is 4.53. The molecule has 9 heteroatoms. The Morgan fingerprint density at radius 2 is 1.89 bits per heavy atom. The summed E-state index contributed by atoms with van der Waals surface area (Å²) in [5.74, 6) is 0.526. The molecule has 9 nitrogen and oxygen atoms in total. The number of amides is 2. The normalized spacial score (nSPS) is 13.8. The lowest BCUT2D eigenvalue weighted by molar-refractivity contribution is -0.134. The largest absolute Gasteiger partial charge is 0.497 e. The predicted octanol–water partition coefficient (Wildman–Crippen LogP) is 3.38. The number of carboxylic acid groups (broad SMARTS) is 1. The van der Waals surface area contributed by atoms with Crippen molar-refractivity contribution >= 4 is 23.0 Å². The van der Waals surface area contributed by atoms with Crippen molar-refractivity contribution in [2.45, 2.75) is 25.6 Å². The molecule has 2 amide bonds. The maximum atomic E-state index is 13.3. The van der Waals surface area contributed by atoms with E-state index in [1.807, 2.05) is 41.2 Å². The summed E-state index contributed by atoms with van der Waals surface area (Å²) in [6.45, 7) is 1.44. The van der Waals surface area contributed by atoms with Crippen LogP contribution >= 0.6 is 0 Å². The quantitative estimate of drug-likeness (QED) is 0.446. The molecular formula is C26H25N5O4. The number of nitrogens with one attached hydrogen (secondary N) is 1. The van der Waals surface area contributed by atoms with Crippen LogP contribution in [0.25, 0.3) is 11.0 Å². The third kappa shape index (κ3) is 4.52. The van der Waals surface area contributed by atoms with E-state index in [1.54, 1.807) is 42.5 Å². The fourth-order valence-electron chi connectivity index (χ4n) is 4.53. The van der Waals surface area contributed by atoms with Crippen LogP contribution in [-0.4, -0.2) is 50.4 Å². The summed E-state index contributed by atoms with van der Waals surface area (Å²) in [6.07, 6.45) is 3.03. The van der Waals surface area contributed by atoms with E-state index in [2.05, 4.69) is 15.4 Å². The Hall–Kier alpha value is -4.40. The number of pyridine rings is 1. The molecule has 0 fully saturated rings. The predicted molar refractivity (Wildman–Crippen MR) is 129 cm³/mol. The van der Waals surface area contributed by atoms with E-state index in [4.69, 9.17) is 4.74 Å². The highest BCUT2D eigenvalue weighted by atomic mass is 16.5. The number of carbonyl (C=O) groups excluding carboxylic acids is 1. The molecule has 0 saturated carbocycles. The van der Waals surface area contributed by atoms with E-state index in [0.717, 1.165) is 33.5 Å². The van der Waals surface area contributed by atoms with Crippen molar-refractivity contribution in [3.05, 3.63) is 89.2 Å². The van der Waals surface area contributed by atoms with Gasteiger partial charge in [0.25, 0.3) is 0 Å². The monoisotopic (exact) mass is 471 g/mol. The highest BCUT2D eigenvalue weighted by molar-refractivity contribution is 5.87. The van der Waals surface area contributed by atoms with Gasteiger partial charge in [0.1, 0.15) is 11.8 Å². The molecule has 0 bridgehead atoms. The molecule has 1 atom stereocenters. The van der Waals surface area contributed by atoms with Crippen LogP contribution in [0, 0.1) is 0 Å². The van der Waals surface area contributed by atoms with Crippen LogP contribution in [0.3, 0.4) is 0 Å². The lowest BCUT2D eigenvalue weighted by Crippen LogP contribution is -2.44. The molecule has 3 heterocycles. The highest BCUT2D eigenvalue weighted by Crippen LogP contribution is 2.28. The van der Waals surface area contributed by atoms with E-state index in [1.165, 1.54) is 0 Å². The summed E-state index contributed by atoms with van der Waals surface area (Å²) >= 11 is 0.